The second-order valence-corrected chi connectivity index (χ2v) is 10.4. The van der Waals surface area contributed by atoms with Gasteiger partial charge in [-0.3, -0.25) is 3.11 Å². The Morgan fingerprint density at radius 1 is 0.828 bits per heavy atom. The van der Waals surface area contributed by atoms with Crippen molar-refractivity contribution in [3.63, 3.8) is 0 Å². The van der Waals surface area contributed by atoms with E-state index in [1.807, 2.05) is 11.3 Å². The molecule has 148 valence electrons. The van der Waals surface area contributed by atoms with E-state index in [2.05, 4.69) is 94.4 Å². The quantitative estimate of drug-likeness (QED) is 0.196. The normalized spacial score (nSPS) is 15.3. The molecule has 0 amide bonds. The van der Waals surface area contributed by atoms with Crippen molar-refractivity contribution in [1.82, 2.24) is 0 Å². The molecule has 0 spiro atoms. The van der Waals surface area contributed by atoms with E-state index in [1.165, 1.54) is 74.8 Å². The smallest absolute Gasteiger partial charge is 0.0689 e. The summed E-state index contributed by atoms with van der Waals surface area (Å²) >= 11 is 4.47. The van der Waals surface area contributed by atoms with E-state index in [0.717, 1.165) is 5.92 Å². The van der Waals surface area contributed by atoms with Crippen LogP contribution < -0.4 is 3.11 Å². The van der Waals surface area contributed by atoms with Crippen LogP contribution in [0, 0.1) is 13.8 Å². The Hall–Kier alpha value is -1.59. The molecule has 1 saturated carbocycles. The van der Waals surface area contributed by atoms with Crippen molar-refractivity contribution in [2.24, 2.45) is 0 Å². The Labute approximate surface area is 191 Å². The second kappa shape index (κ2) is 7.92. The highest BCUT2D eigenvalue weighted by Gasteiger charge is 2.21. The zero-order valence-corrected chi connectivity index (χ0v) is 20.0. The van der Waals surface area contributed by atoms with Crippen molar-refractivity contribution in [2.45, 2.75) is 51.9 Å². The summed E-state index contributed by atoms with van der Waals surface area (Å²) in [4.78, 5) is 0. The number of hydrogen-bond donors (Lipinski definition) is 0. The van der Waals surface area contributed by atoms with Gasteiger partial charge in [0.15, 0.2) is 0 Å². The highest BCUT2D eigenvalue weighted by atomic mass is 127. The van der Waals surface area contributed by atoms with E-state index in [0.29, 0.717) is 0 Å². The molecule has 0 aliphatic heterocycles. The summed E-state index contributed by atoms with van der Waals surface area (Å²) in [5, 5.41) is 2.83. The van der Waals surface area contributed by atoms with Crippen molar-refractivity contribution >= 4 is 65.7 Å². The maximum atomic E-state index is 2.48. The summed E-state index contributed by atoms with van der Waals surface area (Å²) < 4.78 is 5.25. The van der Waals surface area contributed by atoms with Gasteiger partial charge in [-0.25, -0.2) is 0 Å². The van der Waals surface area contributed by atoms with Gasteiger partial charge in [-0.1, -0.05) is 67.3 Å². The van der Waals surface area contributed by atoms with Gasteiger partial charge in [-0.15, -0.1) is 11.3 Å². The maximum absolute atomic E-state index is 2.48. The third kappa shape index (κ3) is 3.46. The van der Waals surface area contributed by atoms with Crippen molar-refractivity contribution in [3.8, 4) is 0 Å². The Morgan fingerprint density at radius 3 is 2.31 bits per heavy atom. The number of benzene rings is 3. The lowest BCUT2D eigenvalue weighted by Gasteiger charge is -2.22. The van der Waals surface area contributed by atoms with Gasteiger partial charge >= 0.3 is 0 Å². The lowest BCUT2D eigenvalue weighted by Crippen LogP contribution is -2.04. The summed E-state index contributed by atoms with van der Waals surface area (Å²) in [5.41, 5.74) is 6.79. The third-order valence-corrected chi connectivity index (χ3v) is 8.69. The number of anilines is 2. The molecule has 1 aromatic heterocycles. The monoisotopic (exact) mass is 511 g/mol. The predicted octanol–water partition coefficient (Wildman–Crippen LogP) is 9.21. The molecule has 5 rings (SSSR count). The van der Waals surface area contributed by atoms with Gasteiger partial charge in [0.25, 0.3) is 0 Å². The summed E-state index contributed by atoms with van der Waals surface area (Å²) in [6.45, 7) is 4.37. The molecular weight excluding hydrogens is 485 g/mol. The minimum Gasteiger partial charge on any atom is -0.281 e. The average molecular weight is 511 g/mol. The first-order chi connectivity index (χ1) is 14.1. The largest absolute Gasteiger partial charge is 0.281 e. The fraction of sp³-hybridized carbons (Fsp3) is 0.308. The van der Waals surface area contributed by atoms with Crippen molar-refractivity contribution in [1.29, 1.82) is 0 Å². The zero-order chi connectivity index (χ0) is 20.0. The van der Waals surface area contributed by atoms with Gasteiger partial charge in [-0.2, -0.15) is 0 Å². The highest BCUT2D eigenvalue weighted by molar-refractivity contribution is 14.1. The number of fused-ring (bicyclic) bond motifs is 3. The Bertz CT molecular complexity index is 1190. The zero-order valence-electron chi connectivity index (χ0n) is 17.0. The summed E-state index contributed by atoms with van der Waals surface area (Å²) in [7, 11) is 0. The second-order valence-electron chi connectivity index (χ2n) is 8.39. The van der Waals surface area contributed by atoms with Crippen LogP contribution >= 0.6 is 34.2 Å². The number of hydrogen-bond acceptors (Lipinski definition) is 2. The van der Waals surface area contributed by atoms with Gasteiger partial charge in [0, 0.05) is 15.5 Å². The first kappa shape index (κ1) is 19.4. The Morgan fingerprint density at radius 2 is 1.55 bits per heavy atom. The molecule has 0 N–H and O–H groups in total. The van der Waals surface area contributed by atoms with Crippen LogP contribution in [0.2, 0.25) is 0 Å². The molecule has 0 atom stereocenters. The molecule has 3 heteroatoms. The van der Waals surface area contributed by atoms with E-state index in [9.17, 15) is 0 Å². The molecule has 0 bridgehead atoms. The lowest BCUT2D eigenvalue weighted by molar-refractivity contribution is 0.446. The van der Waals surface area contributed by atoms with Gasteiger partial charge in [0.05, 0.1) is 38.9 Å². The minimum absolute atomic E-state index is 0.735. The molecule has 1 heterocycles. The third-order valence-electron chi connectivity index (χ3n) is 6.35. The van der Waals surface area contributed by atoms with E-state index >= 15 is 0 Å². The molecule has 1 fully saturated rings. The topological polar surface area (TPSA) is 3.24 Å². The van der Waals surface area contributed by atoms with Crippen LogP contribution in [0.15, 0.2) is 54.6 Å². The van der Waals surface area contributed by atoms with Gasteiger partial charge in [-0.05, 0) is 55.9 Å². The van der Waals surface area contributed by atoms with Gasteiger partial charge in [0.1, 0.15) is 0 Å². The SMILES string of the molecule is Cc1ccc(N(I)c2cccc3c2sc2c(C4CCCCC4)cccc23)c(C)c1. The Balaban J connectivity index is 1.67. The van der Waals surface area contributed by atoms with E-state index in [4.69, 9.17) is 0 Å². The fourth-order valence-corrected chi connectivity index (χ4v) is 7.38. The van der Waals surface area contributed by atoms with Crippen LogP contribution in [0.5, 0.6) is 0 Å². The van der Waals surface area contributed by atoms with Gasteiger partial charge < -0.3 is 0 Å². The summed E-state index contributed by atoms with van der Waals surface area (Å²) in [5.74, 6) is 0.735. The summed E-state index contributed by atoms with van der Waals surface area (Å²) in [6.07, 6.45) is 6.86. The Kier molecular flexibility index (Phi) is 5.29. The molecule has 3 aromatic carbocycles. The maximum Gasteiger partial charge on any atom is 0.0689 e. The number of thiophene rings is 1. The summed E-state index contributed by atoms with van der Waals surface area (Å²) in [6, 6.07) is 20.5. The van der Waals surface area contributed by atoms with Crippen LogP contribution in [0.25, 0.3) is 20.2 Å². The van der Waals surface area contributed by atoms with E-state index in [1.54, 1.807) is 5.56 Å². The molecule has 0 saturated heterocycles. The van der Waals surface area contributed by atoms with Crippen molar-refractivity contribution in [2.75, 3.05) is 3.11 Å². The standard InChI is InChI=1S/C26H26INS/c1-17-14-15-23(18(2)16-17)28(27)24-13-7-12-22-21-11-6-10-20(25(21)29-26(22)24)19-8-4-3-5-9-19/h6-7,10-16,19H,3-5,8-9H2,1-2H3. The number of rotatable bonds is 3. The van der Waals surface area contributed by atoms with Crippen LogP contribution in [0.1, 0.15) is 54.7 Å². The number of nitrogens with zero attached hydrogens (tertiary/aromatic N) is 1. The molecule has 0 unspecified atom stereocenters. The molecular formula is C26H26INS. The highest BCUT2D eigenvalue weighted by Crippen LogP contribution is 2.47. The average Bonchev–Trinajstić information content (AvgIpc) is 3.13. The van der Waals surface area contributed by atoms with E-state index in [-0.39, 0.29) is 0 Å². The number of aryl methyl sites for hydroxylation is 2. The van der Waals surface area contributed by atoms with Crippen LogP contribution in [0.3, 0.4) is 0 Å². The van der Waals surface area contributed by atoms with Crippen molar-refractivity contribution < 1.29 is 0 Å². The van der Waals surface area contributed by atoms with Crippen molar-refractivity contribution in [3.05, 3.63) is 71.3 Å². The molecule has 1 aliphatic rings. The van der Waals surface area contributed by atoms with Gasteiger partial charge in [0.2, 0.25) is 0 Å². The fourth-order valence-electron chi connectivity index (χ4n) is 4.87. The van der Waals surface area contributed by atoms with Crippen LogP contribution in [-0.4, -0.2) is 0 Å². The first-order valence-corrected chi connectivity index (χ1v) is 12.4. The number of halogens is 1. The lowest BCUT2D eigenvalue weighted by atomic mass is 9.84. The predicted molar refractivity (Wildman–Crippen MR) is 137 cm³/mol. The molecule has 29 heavy (non-hydrogen) atoms. The molecule has 1 nitrogen and oxygen atoms in total. The minimum atomic E-state index is 0.735. The molecule has 4 aromatic rings. The van der Waals surface area contributed by atoms with E-state index < -0.39 is 0 Å². The first-order valence-electron chi connectivity index (χ1n) is 10.6. The van der Waals surface area contributed by atoms with Crippen LogP contribution in [0.4, 0.5) is 11.4 Å². The molecule has 1 aliphatic carbocycles. The van der Waals surface area contributed by atoms with Crippen LogP contribution in [-0.2, 0) is 0 Å². The molecule has 0 radical (unpaired) electrons.